The van der Waals surface area contributed by atoms with Crippen LogP contribution in [0.3, 0.4) is 0 Å². The molecule has 0 aliphatic carbocycles. The van der Waals surface area contributed by atoms with E-state index in [1.165, 1.54) is 0 Å². The van der Waals surface area contributed by atoms with Gasteiger partial charge in [0.05, 0.1) is 23.0 Å². The van der Waals surface area contributed by atoms with Gasteiger partial charge in [-0.1, -0.05) is 19.9 Å². The lowest BCUT2D eigenvalue weighted by molar-refractivity contribution is 0.431. The number of nitrogens with two attached hydrogens (primary N) is 1. The van der Waals surface area contributed by atoms with E-state index < -0.39 is 0 Å². The minimum absolute atomic E-state index is 0.300. The molecule has 3 aromatic rings. The maximum Gasteiger partial charge on any atom is 0.217 e. The lowest BCUT2D eigenvalue weighted by Gasteiger charge is -2.11. The first kappa shape index (κ1) is 17.6. The van der Waals surface area contributed by atoms with Gasteiger partial charge in [0.2, 0.25) is 5.88 Å². The summed E-state index contributed by atoms with van der Waals surface area (Å²) in [6.45, 7) is 4.60. The third-order valence-corrected chi connectivity index (χ3v) is 4.11. The lowest BCUT2D eigenvalue weighted by Crippen LogP contribution is -1.99. The number of aryl methyl sites for hydroxylation is 1. The summed E-state index contributed by atoms with van der Waals surface area (Å²) in [4.78, 5) is 4.47. The van der Waals surface area contributed by atoms with Crippen LogP contribution in [-0.4, -0.2) is 14.8 Å². The minimum atomic E-state index is 0.300. The smallest absolute Gasteiger partial charge is 0.217 e. The van der Waals surface area contributed by atoms with Crippen molar-refractivity contribution in [3.8, 4) is 29.0 Å². The Kier molecular flexibility index (Phi) is 5.01. The van der Waals surface area contributed by atoms with Gasteiger partial charge in [-0.3, -0.25) is 4.98 Å². The average molecular weight is 347 g/mol. The van der Waals surface area contributed by atoms with Crippen LogP contribution in [0.4, 0.5) is 0 Å². The normalized spacial score (nSPS) is 10.8. The summed E-state index contributed by atoms with van der Waals surface area (Å²) in [6, 6.07) is 13.2. The molecule has 0 aliphatic rings. The molecule has 3 rings (SSSR count). The van der Waals surface area contributed by atoms with Gasteiger partial charge >= 0.3 is 0 Å². The molecule has 2 aromatic heterocycles. The minimum Gasteiger partial charge on any atom is -0.439 e. The molecule has 2 heterocycles. The Morgan fingerprint density at radius 1 is 1.23 bits per heavy atom. The summed E-state index contributed by atoms with van der Waals surface area (Å²) in [5, 5.41) is 13.7. The van der Waals surface area contributed by atoms with Gasteiger partial charge in [-0.25, -0.2) is 4.68 Å². The molecule has 132 valence electrons. The summed E-state index contributed by atoms with van der Waals surface area (Å²) in [7, 11) is 1.84. The summed E-state index contributed by atoms with van der Waals surface area (Å²) >= 11 is 0. The fourth-order valence-corrected chi connectivity index (χ4v) is 2.55. The molecule has 0 spiro atoms. The zero-order chi connectivity index (χ0) is 18.7. The lowest BCUT2D eigenvalue weighted by atomic mass is 10.1. The Morgan fingerprint density at radius 2 is 2.04 bits per heavy atom. The number of nitriles is 1. The molecule has 6 nitrogen and oxygen atoms in total. The first-order valence-corrected chi connectivity index (χ1v) is 8.43. The number of hydrogen-bond donors (Lipinski definition) is 1. The molecule has 6 heteroatoms. The van der Waals surface area contributed by atoms with Crippen molar-refractivity contribution in [3.63, 3.8) is 0 Å². The van der Waals surface area contributed by atoms with Crippen molar-refractivity contribution in [1.82, 2.24) is 14.8 Å². The van der Waals surface area contributed by atoms with Gasteiger partial charge in [-0.15, -0.1) is 0 Å². The van der Waals surface area contributed by atoms with Crippen molar-refractivity contribution in [2.24, 2.45) is 12.8 Å². The fraction of sp³-hybridized carbons (Fsp3) is 0.250. The van der Waals surface area contributed by atoms with Crippen LogP contribution in [0.5, 0.6) is 11.6 Å². The second-order valence-electron chi connectivity index (χ2n) is 6.37. The molecule has 0 radical (unpaired) electrons. The van der Waals surface area contributed by atoms with Crippen molar-refractivity contribution in [1.29, 1.82) is 5.26 Å². The number of ether oxygens (including phenoxy) is 1. The summed E-state index contributed by atoms with van der Waals surface area (Å²) in [5.41, 5.74) is 9.63. The quantitative estimate of drug-likeness (QED) is 0.759. The Balaban J connectivity index is 2.03. The van der Waals surface area contributed by atoms with E-state index in [9.17, 15) is 5.26 Å². The number of rotatable bonds is 5. The van der Waals surface area contributed by atoms with Gasteiger partial charge in [-0.05, 0) is 35.7 Å². The molecule has 0 atom stereocenters. The first-order chi connectivity index (χ1) is 12.5. The van der Waals surface area contributed by atoms with E-state index in [-0.39, 0.29) is 0 Å². The van der Waals surface area contributed by atoms with Crippen LogP contribution >= 0.6 is 0 Å². The van der Waals surface area contributed by atoms with Crippen LogP contribution < -0.4 is 10.5 Å². The standard InChI is InChI=1S/C20H21N5O/c1-13(2)18-9-20(25(3)24-18)26-19-8-14(10-21)4-6-16(19)17-7-5-15(11-22)12-23-17/h4-9,12-13H,11,22H2,1-3H3. The fourth-order valence-electron chi connectivity index (χ4n) is 2.55. The molecule has 0 bridgehead atoms. The highest BCUT2D eigenvalue weighted by Gasteiger charge is 2.14. The molecule has 0 amide bonds. The molecule has 1 aromatic carbocycles. The Labute approximate surface area is 152 Å². The van der Waals surface area contributed by atoms with Crippen molar-refractivity contribution in [2.45, 2.75) is 26.3 Å². The summed E-state index contributed by atoms with van der Waals surface area (Å²) in [6.07, 6.45) is 1.75. The van der Waals surface area contributed by atoms with E-state index in [0.717, 1.165) is 22.5 Å². The van der Waals surface area contributed by atoms with Crippen molar-refractivity contribution < 1.29 is 4.74 Å². The number of benzene rings is 1. The van der Waals surface area contributed by atoms with Crippen molar-refractivity contribution in [2.75, 3.05) is 0 Å². The largest absolute Gasteiger partial charge is 0.439 e. The van der Waals surface area contributed by atoms with Crippen LogP contribution in [0.2, 0.25) is 0 Å². The molecule has 26 heavy (non-hydrogen) atoms. The number of pyridine rings is 1. The van der Waals surface area contributed by atoms with E-state index in [2.05, 4.69) is 30.0 Å². The Morgan fingerprint density at radius 3 is 2.62 bits per heavy atom. The molecule has 0 unspecified atom stereocenters. The molecule has 0 aliphatic heterocycles. The van der Waals surface area contributed by atoms with Gasteiger partial charge < -0.3 is 10.5 Å². The predicted molar refractivity (Wildman–Crippen MR) is 99.7 cm³/mol. The van der Waals surface area contributed by atoms with Crippen LogP contribution in [0.25, 0.3) is 11.3 Å². The highest BCUT2D eigenvalue weighted by atomic mass is 16.5. The van der Waals surface area contributed by atoms with E-state index in [4.69, 9.17) is 10.5 Å². The highest BCUT2D eigenvalue weighted by Crippen LogP contribution is 2.34. The van der Waals surface area contributed by atoms with Crippen molar-refractivity contribution in [3.05, 3.63) is 59.4 Å². The summed E-state index contributed by atoms with van der Waals surface area (Å²) in [5.74, 6) is 1.48. The van der Waals surface area contributed by atoms with E-state index in [0.29, 0.717) is 29.7 Å². The van der Waals surface area contributed by atoms with Crippen LogP contribution in [0, 0.1) is 11.3 Å². The number of hydrogen-bond acceptors (Lipinski definition) is 5. The second-order valence-corrected chi connectivity index (χ2v) is 6.37. The van der Waals surface area contributed by atoms with Gasteiger partial charge in [0, 0.05) is 31.4 Å². The SMILES string of the molecule is CC(C)c1cc(Oc2cc(C#N)ccc2-c2ccc(CN)cn2)n(C)n1. The maximum atomic E-state index is 9.24. The maximum absolute atomic E-state index is 9.24. The van der Waals surface area contributed by atoms with Gasteiger partial charge in [0.15, 0.2) is 0 Å². The second kappa shape index (κ2) is 7.38. The molecule has 2 N–H and O–H groups in total. The topological polar surface area (TPSA) is 89.7 Å². The van der Waals surface area contributed by atoms with Crippen LogP contribution in [0.15, 0.2) is 42.6 Å². The zero-order valence-electron chi connectivity index (χ0n) is 15.1. The van der Waals surface area contributed by atoms with Gasteiger partial charge in [-0.2, -0.15) is 10.4 Å². The Bertz CT molecular complexity index is 951. The molecule has 0 saturated carbocycles. The van der Waals surface area contributed by atoms with Gasteiger partial charge in [0.25, 0.3) is 0 Å². The van der Waals surface area contributed by atoms with E-state index in [1.54, 1.807) is 23.0 Å². The number of nitrogens with zero attached hydrogens (tertiary/aromatic N) is 4. The third-order valence-electron chi connectivity index (χ3n) is 4.11. The molecule has 0 fully saturated rings. The predicted octanol–water partition coefficient (Wildman–Crippen LogP) is 3.73. The third kappa shape index (κ3) is 3.58. The molecular formula is C20H21N5O. The highest BCUT2D eigenvalue weighted by molar-refractivity contribution is 5.69. The average Bonchev–Trinajstić information content (AvgIpc) is 3.02. The van der Waals surface area contributed by atoms with E-state index >= 15 is 0 Å². The Hall–Kier alpha value is -3.17. The van der Waals surface area contributed by atoms with Crippen LogP contribution in [-0.2, 0) is 13.6 Å². The molecular weight excluding hydrogens is 326 g/mol. The monoisotopic (exact) mass is 347 g/mol. The van der Waals surface area contributed by atoms with Gasteiger partial charge in [0.1, 0.15) is 5.75 Å². The van der Waals surface area contributed by atoms with E-state index in [1.807, 2.05) is 31.3 Å². The van der Waals surface area contributed by atoms with Crippen LogP contribution in [0.1, 0.15) is 36.6 Å². The summed E-state index contributed by atoms with van der Waals surface area (Å²) < 4.78 is 7.81. The molecule has 0 saturated heterocycles. The zero-order valence-corrected chi connectivity index (χ0v) is 15.1. The van der Waals surface area contributed by atoms with Crippen molar-refractivity contribution >= 4 is 0 Å². The number of aromatic nitrogens is 3. The first-order valence-electron chi connectivity index (χ1n) is 8.43.